The topological polar surface area (TPSA) is 71.9 Å². The number of benzene rings is 2. The van der Waals surface area contributed by atoms with Gasteiger partial charge in [-0.3, -0.25) is 0 Å². The molecule has 0 bridgehead atoms. The van der Waals surface area contributed by atoms with Crippen LogP contribution in [0.3, 0.4) is 0 Å². The Labute approximate surface area is 172 Å². The summed E-state index contributed by atoms with van der Waals surface area (Å²) in [6.45, 7) is 4.08. The highest BCUT2D eigenvalue weighted by Crippen LogP contribution is 2.43. The molecular weight excluding hydrogens is 358 g/mol. The van der Waals surface area contributed by atoms with Crippen LogP contribution in [-0.4, -0.2) is 12.1 Å². The normalized spacial score (nSPS) is 16.8. The minimum Gasteiger partial charge on any atom is -0.481 e. The van der Waals surface area contributed by atoms with Gasteiger partial charge in [0, 0.05) is 16.5 Å². The van der Waals surface area contributed by atoms with E-state index in [2.05, 4.69) is 54.4 Å². The first-order chi connectivity index (χ1) is 13.9. The molecule has 1 aliphatic rings. The summed E-state index contributed by atoms with van der Waals surface area (Å²) in [5, 5.41) is 11.1. The van der Waals surface area contributed by atoms with Gasteiger partial charge in [0.05, 0.1) is 24.1 Å². The lowest BCUT2D eigenvalue weighted by atomic mass is 9.78. The van der Waals surface area contributed by atoms with Crippen LogP contribution >= 0.6 is 0 Å². The molecule has 1 aromatic heterocycles. The van der Waals surface area contributed by atoms with Gasteiger partial charge in [-0.2, -0.15) is 5.26 Å². The van der Waals surface area contributed by atoms with Gasteiger partial charge in [-0.25, -0.2) is 4.98 Å². The van der Waals surface area contributed by atoms with Crippen molar-refractivity contribution >= 4 is 10.9 Å². The molecule has 1 fully saturated rings. The largest absolute Gasteiger partial charge is 0.481 e. The van der Waals surface area contributed by atoms with E-state index in [9.17, 15) is 5.26 Å². The Morgan fingerprint density at radius 1 is 1.21 bits per heavy atom. The molecule has 1 aliphatic carbocycles. The van der Waals surface area contributed by atoms with E-state index in [1.807, 2.05) is 19.1 Å². The summed E-state index contributed by atoms with van der Waals surface area (Å²) in [7, 11) is 1.65. The highest BCUT2D eigenvalue weighted by Gasteiger charge is 2.40. The maximum atomic E-state index is 10.1. The first kappa shape index (κ1) is 19.4. The van der Waals surface area contributed by atoms with Crippen LogP contribution in [0.15, 0.2) is 48.5 Å². The van der Waals surface area contributed by atoms with Crippen molar-refractivity contribution in [2.75, 3.05) is 7.11 Å². The lowest BCUT2D eigenvalue weighted by Gasteiger charge is -2.23. The number of ether oxygens (including phenoxy) is 1. The molecule has 1 saturated carbocycles. The van der Waals surface area contributed by atoms with Crippen molar-refractivity contribution in [1.29, 1.82) is 5.26 Å². The minimum absolute atomic E-state index is 0.167. The molecular formula is C25H27N3O. The van der Waals surface area contributed by atoms with E-state index >= 15 is 0 Å². The molecule has 148 valence electrons. The number of hydrogen-bond donors (Lipinski definition) is 1. The standard InChI is InChI=1S/C25H27N3O/c1-4-18-13-19-8-9-20(14-22(19)28-23(18)29-3)24(2,16-26)15-17-6-5-7-21(12-17)25(27)10-11-25/h5-9,12-14H,4,10-11,15,27H2,1-3H3. The molecule has 0 saturated heterocycles. The Morgan fingerprint density at radius 2 is 2.00 bits per heavy atom. The minimum atomic E-state index is -0.656. The Hall–Kier alpha value is -2.90. The maximum Gasteiger partial charge on any atom is 0.216 e. The van der Waals surface area contributed by atoms with Crippen molar-refractivity contribution in [1.82, 2.24) is 4.98 Å². The Morgan fingerprint density at radius 3 is 2.66 bits per heavy atom. The predicted octanol–water partition coefficient (Wildman–Crippen LogP) is 4.78. The van der Waals surface area contributed by atoms with Gasteiger partial charge >= 0.3 is 0 Å². The number of nitrogens with zero attached hydrogens (tertiary/aromatic N) is 2. The van der Waals surface area contributed by atoms with E-state index in [1.54, 1.807) is 7.11 Å². The summed E-state index contributed by atoms with van der Waals surface area (Å²) in [6.07, 6.45) is 3.56. The molecule has 29 heavy (non-hydrogen) atoms. The Kier molecular flexibility index (Phi) is 4.80. The quantitative estimate of drug-likeness (QED) is 0.663. The number of nitrogens with two attached hydrogens (primary N) is 1. The van der Waals surface area contributed by atoms with E-state index in [0.29, 0.717) is 12.3 Å². The first-order valence-electron chi connectivity index (χ1n) is 10.2. The predicted molar refractivity (Wildman–Crippen MR) is 116 cm³/mol. The van der Waals surface area contributed by atoms with Crippen molar-refractivity contribution < 1.29 is 4.74 Å². The smallest absolute Gasteiger partial charge is 0.216 e. The van der Waals surface area contributed by atoms with Crippen molar-refractivity contribution in [2.24, 2.45) is 5.73 Å². The van der Waals surface area contributed by atoms with E-state index in [-0.39, 0.29) is 5.54 Å². The lowest BCUT2D eigenvalue weighted by molar-refractivity contribution is 0.395. The van der Waals surface area contributed by atoms with E-state index in [0.717, 1.165) is 46.9 Å². The fourth-order valence-electron chi connectivity index (χ4n) is 4.00. The average molecular weight is 386 g/mol. The van der Waals surface area contributed by atoms with Crippen molar-refractivity contribution in [3.8, 4) is 11.9 Å². The number of aromatic nitrogens is 1. The Bertz CT molecular complexity index is 1110. The molecule has 2 aromatic carbocycles. The third-order valence-corrected chi connectivity index (χ3v) is 6.16. The monoisotopic (exact) mass is 385 g/mol. The number of pyridine rings is 1. The van der Waals surface area contributed by atoms with E-state index in [1.165, 1.54) is 5.56 Å². The van der Waals surface area contributed by atoms with Crippen molar-refractivity contribution in [3.63, 3.8) is 0 Å². The fourth-order valence-corrected chi connectivity index (χ4v) is 4.00. The zero-order chi connectivity index (χ0) is 20.6. The van der Waals surface area contributed by atoms with Gasteiger partial charge in [0.2, 0.25) is 5.88 Å². The molecule has 0 aliphatic heterocycles. The van der Waals surface area contributed by atoms with Gasteiger partial charge < -0.3 is 10.5 Å². The van der Waals surface area contributed by atoms with Gasteiger partial charge in [0.25, 0.3) is 0 Å². The number of methoxy groups -OCH3 is 1. The van der Waals surface area contributed by atoms with Crippen LogP contribution in [0.25, 0.3) is 10.9 Å². The maximum absolute atomic E-state index is 10.1. The summed E-state index contributed by atoms with van der Waals surface area (Å²) in [4.78, 5) is 4.69. The lowest BCUT2D eigenvalue weighted by Crippen LogP contribution is -2.24. The van der Waals surface area contributed by atoms with Crippen LogP contribution in [0.1, 0.15) is 48.9 Å². The fraction of sp³-hybridized carbons (Fsp3) is 0.360. The van der Waals surface area contributed by atoms with Gasteiger partial charge in [-0.05, 0) is 61.4 Å². The third kappa shape index (κ3) is 3.59. The number of aryl methyl sites for hydroxylation is 1. The van der Waals surface area contributed by atoms with Crippen LogP contribution in [0.4, 0.5) is 0 Å². The Balaban J connectivity index is 1.71. The summed E-state index contributed by atoms with van der Waals surface area (Å²) in [5.74, 6) is 0.654. The van der Waals surface area contributed by atoms with Gasteiger partial charge in [-0.1, -0.05) is 43.3 Å². The SMILES string of the molecule is CCc1cc2ccc(C(C)(C#N)Cc3cccc(C4(N)CC4)c3)cc2nc1OC. The molecule has 2 N–H and O–H groups in total. The average Bonchev–Trinajstić information content (AvgIpc) is 3.51. The molecule has 0 spiro atoms. The molecule has 0 amide bonds. The zero-order valence-corrected chi connectivity index (χ0v) is 17.3. The van der Waals surface area contributed by atoms with E-state index < -0.39 is 5.41 Å². The van der Waals surface area contributed by atoms with Gasteiger partial charge in [-0.15, -0.1) is 0 Å². The van der Waals surface area contributed by atoms with Gasteiger partial charge in [0.1, 0.15) is 0 Å². The van der Waals surface area contributed by atoms with Crippen molar-refractivity contribution in [2.45, 2.75) is 50.5 Å². The number of fused-ring (bicyclic) bond motifs is 1. The summed E-state index contributed by atoms with van der Waals surface area (Å²) < 4.78 is 5.45. The molecule has 4 rings (SSSR count). The second-order valence-electron chi connectivity index (χ2n) is 8.40. The van der Waals surface area contributed by atoms with Crippen LogP contribution in [-0.2, 0) is 23.8 Å². The molecule has 0 radical (unpaired) electrons. The van der Waals surface area contributed by atoms with Crippen LogP contribution < -0.4 is 10.5 Å². The molecule has 4 nitrogen and oxygen atoms in total. The number of nitriles is 1. The second kappa shape index (κ2) is 7.17. The number of hydrogen-bond acceptors (Lipinski definition) is 4. The highest BCUT2D eigenvalue weighted by atomic mass is 16.5. The highest BCUT2D eigenvalue weighted by molar-refractivity contribution is 5.81. The van der Waals surface area contributed by atoms with Crippen LogP contribution in [0.5, 0.6) is 5.88 Å². The molecule has 1 atom stereocenters. The molecule has 1 heterocycles. The van der Waals surface area contributed by atoms with Crippen LogP contribution in [0, 0.1) is 11.3 Å². The van der Waals surface area contributed by atoms with E-state index in [4.69, 9.17) is 10.5 Å². The van der Waals surface area contributed by atoms with Crippen LogP contribution in [0.2, 0.25) is 0 Å². The molecule has 3 aromatic rings. The zero-order valence-electron chi connectivity index (χ0n) is 17.3. The molecule has 1 unspecified atom stereocenters. The van der Waals surface area contributed by atoms with Crippen molar-refractivity contribution in [3.05, 3.63) is 70.8 Å². The second-order valence-corrected chi connectivity index (χ2v) is 8.40. The number of rotatable bonds is 6. The first-order valence-corrected chi connectivity index (χ1v) is 10.2. The third-order valence-electron chi connectivity index (χ3n) is 6.16. The summed E-state index contributed by atoms with van der Waals surface area (Å²) in [6, 6.07) is 19.2. The summed E-state index contributed by atoms with van der Waals surface area (Å²) in [5.41, 5.74) is 10.8. The van der Waals surface area contributed by atoms with Gasteiger partial charge in [0.15, 0.2) is 0 Å². The molecule has 4 heteroatoms. The summed E-state index contributed by atoms with van der Waals surface area (Å²) >= 11 is 0.